The van der Waals surface area contributed by atoms with Crippen molar-refractivity contribution in [2.24, 2.45) is 16.6 Å². The molecule has 0 radical (unpaired) electrons. The van der Waals surface area contributed by atoms with Crippen LogP contribution in [0, 0.1) is 5.92 Å². The molecule has 1 aliphatic heterocycles. The van der Waals surface area contributed by atoms with E-state index >= 15 is 0 Å². The third kappa shape index (κ3) is 5.63. The second-order valence-corrected chi connectivity index (χ2v) is 7.85. The largest absolute Gasteiger partial charge is 0.370 e. The van der Waals surface area contributed by atoms with Gasteiger partial charge in [-0.25, -0.2) is 0 Å². The minimum atomic E-state index is -0.223. The summed E-state index contributed by atoms with van der Waals surface area (Å²) in [5.41, 5.74) is 6.53. The van der Waals surface area contributed by atoms with Crippen LogP contribution in [0.2, 0.25) is 5.02 Å². The topological polar surface area (TPSA) is 70.7 Å². The van der Waals surface area contributed by atoms with Gasteiger partial charge in [-0.3, -0.25) is 9.79 Å². The van der Waals surface area contributed by atoms with Crippen LogP contribution in [0.1, 0.15) is 38.7 Å². The van der Waals surface area contributed by atoms with Crippen molar-refractivity contribution >= 4 is 23.5 Å². The van der Waals surface area contributed by atoms with Gasteiger partial charge in [0, 0.05) is 43.5 Å². The summed E-state index contributed by atoms with van der Waals surface area (Å²) in [6.07, 6.45) is 2.55. The number of guanidine groups is 1. The van der Waals surface area contributed by atoms with Crippen molar-refractivity contribution in [1.29, 1.82) is 0 Å². The molecule has 25 heavy (non-hydrogen) atoms. The fourth-order valence-electron chi connectivity index (χ4n) is 3.34. The number of hydrogen-bond donors (Lipinski definition) is 2. The number of nitrogens with one attached hydrogen (secondary N) is 1. The maximum Gasteiger partial charge on any atom is 0.217 e. The van der Waals surface area contributed by atoms with Crippen LogP contribution in [0.15, 0.2) is 29.3 Å². The molecule has 6 heteroatoms. The van der Waals surface area contributed by atoms with Crippen molar-refractivity contribution in [3.63, 3.8) is 0 Å². The quantitative estimate of drug-likeness (QED) is 0.623. The van der Waals surface area contributed by atoms with E-state index in [9.17, 15) is 4.79 Å². The Bertz CT molecular complexity index is 612. The van der Waals surface area contributed by atoms with Gasteiger partial charge in [0.2, 0.25) is 5.91 Å². The molecule has 0 bridgehead atoms. The zero-order valence-corrected chi connectivity index (χ0v) is 16.1. The van der Waals surface area contributed by atoms with Crippen molar-refractivity contribution in [3.05, 3.63) is 34.9 Å². The van der Waals surface area contributed by atoms with Crippen molar-refractivity contribution in [2.45, 2.75) is 38.5 Å². The first-order chi connectivity index (χ1) is 11.8. The monoisotopic (exact) mass is 364 g/mol. The standard InChI is InChI=1S/C19H29ClN4O/c1-19(2,15-6-8-16(20)9-7-15)13-23-18(22-3)24-10-4-5-14(12-24)11-17(21)25/h6-9,14H,4-5,10-13H2,1-3H3,(H2,21,25)(H,22,23). The van der Waals surface area contributed by atoms with Crippen molar-refractivity contribution in [3.8, 4) is 0 Å². The van der Waals surface area contributed by atoms with Gasteiger partial charge < -0.3 is 16.0 Å². The maximum atomic E-state index is 11.2. The molecule has 1 aliphatic rings. The van der Waals surface area contributed by atoms with E-state index in [-0.39, 0.29) is 11.3 Å². The summed E-state index contributed by atoms with van der Waals surface area (Å²) >= 11 is 5.99. The maximum absolute atomic E-state index is 11.2. The lowest BCUT2D eigenvalue weighted by molar-refractivity contribution is -0.119. The van der Waals surface area contributed by atoms with Crippen molar-refractivity contribution in [1.82, 2.24) is 10.2 Å². The van der Waals surface area contributed by atoms with Crippen LogP contribution < -0.4 is 11.1 Å². The zero-order chi connectivity index (χ0) is 18.4. The number of carbonyl (C=O) groups is 1. The molecule has 1 unspecified atom stereocenters. The lowest BCUT2D eigenvalue weighted by atomic mass is 9.84. The molecule has 1 fully saturated rings. The molecule has 1 aromatic rings. The number of benzene rings is 1. The van der Waals surface area contributed by atoms with E-state index in [2.05, 4.69) is 41.2 Å². The lowest BCUT2D eigenvalue weighted by Crippen LogP contribution is -2.49. The highest BCUT2D eigenvalue weighted by Gasteiger charge is 2.26. The van der Waals surface area contributed by atoms with Crippen LogP contribution in [-0.2, 0) is 10.2 Å². The van der Waals surface area contributed by atoms with Gasteiger partial charge in [0.1, 0.15) is 0 Å². The van der Waals surface area contributed by atoms with E-state index in [1.165, 1.54) is 5.56 Å². The average Bonchev–Trinajstić information content (AvgIpc) is 2.55. The minimum absolute atomic E-state index is 0.0526. The van der Waals surface area contributed by atoms with Crippen LogP contribution in [-0.4, -0.2) is 43.4 Å². The number of piperidine rings is 1. The summed E-state index contributed by atoms with van der Waals surface area (Å²) in [4.78, 5) is 17.9. The molecule has 0 saturated carbocycles. The van der Waals surface area contributed by atoms with Gasteiger partial charge in [0.15, 0.2) is 5.96 Å². The Morgan fingerprint density at radius 1 is 1.40 bits per heavy atom. The first kappa shape index (κ1) is 19.6. The summed E-state index contributed by atoms with van der Waals surface area (Å²) in [6.45, 7) is 6.93. The predicted octanol–water partition coefficient (Wildman–Crippen LogP) is 2.78. The normalized spacial score (nSPS) is 19.0. The Morgan fingerprint density at radius 3 is 2.68 bits per heavy atom. The van der Waals surface area contributed by atoms with E-state index in [1.807, 2.05) is 12.1 Å². The third-order valence-electron chi connectivity index (χ3n) is 4.83. The van der Waals surface area contributed by atoms with Crippen LogP contribution in [0.4, 0.5) is 0 Å². The molecule has 5 nitrogen and oxygen atoms in total. The van der Waals surface area contributed by atoms with Gasteiger partial charge in [-0.15, -0.1) is 0 Å². The van der Waals surface area contributed by atoms with Crippen molar-refractivity contribution < 1.29 is 4.79 Å². The van der Waals surface area contributed by atoms with E-state index in [4.69, 9.17) is 17.3 Å². The van der Waals surface area contributed by atoms with Gasteiger partial charge in [0.25, 0.3) is 0 Å². The fraction of sp³-hybridized carbons (Fsp3) is 0.579. The molecule has 2 rings (SSSR count). The van der Waals surface area contributed by atoms with E-state index in [1.54, 1.807) is 7.05 Å². The van der Waals surface area contributed by atoms with E-state index in [0.717, 1.165) is 43.5 Å². The van der Waals surface area contributed by atoms with E-state index < -0.39 is 0 Å². The predicted molar refractivity (Wildman–Crippen MR) is 104 cm³/mol. The molecule has 0 aromatic heterocycles. The summed E-state index contributed by atoms with van der Waals surface area (Å²) in [7, 11) is 1.80. The van der Waals surface area contributed by atoms with Gasteiger partial charge in [0.05, 0.1) is 0 Å². The molecule has 3 N–H and O–H groups in total. The van der Waals surface area contributed by atoms with Crippen LogP contribution >= 0.6 is 11.6 Å². The Kier molecular flexibility index (Phi) is 6.71. The molecule has 0 spiro atoms. The molecule has 1 atom stereocenters. The Hall–Kier alpha value is -1.75. The van der Waals surface area contributed by atoms with Gasteiger partial charge in [-0.2, -0.15) is 0 Å². The molecule has 1 heterocycles. The van der Waals surface area contributed by atoms with Gasteiger partial charge in [-0.05, 0) is 36.5 Å². The number of amides is 1. The molecule has 1 aromatic carbocycles. The van der Waals surface area contributed by atoms with Crippen LogP contribution in [0.3, 0.4) is 0 Å². The second kappa shape index (κ2) is 8.56. The smallest absolute Gasteiger partial charge is 0.217 e. The number of hydrogen-bond acceptors (Lipinski definition) is 2. The molecular weight excluding hydrogens is 336 g/mol. The fourth-order valence-corrected chi connectivity index (χ4v) is 3.47. The Morgan fingerprint density at radius 2 is 2.08 bits per heavy atom. The highest BCUT2D eigenvalue weighted by molar-refractivity contribution is 6.30. The van der Waals surface area contributed by atoms with Gasteiger partial charge in [-0.1, -0.05) is 37.6 Å². The van der Waals surface area contributed by atoms with Crippen LogP contribution in [0.25, 0.3) is 0 Å². The Labute approximate surface area is 155 Å². The summed E-state index contributed by atoms with van der Waals surface area (Å²) in [5.74, 6) is 0.976. The third-order valence-corrected chi connectivity index (χ3v) is 5.09. The number of rotatable bonds is 5. The van der Waals surface area contributed by atoms with Gasteiger partial charge >= 0.3 is 0 Å². The Balaban J connectivity index is 1.97. The number of halogens is 1. The second-order valence-electron chi connectivity index (χ2n) is 7.42. The molecule has 1 amide bonds. The summed E-state index contributed by atoms with van der Waals surface area (Å²) in [5, 5.41) is 4.24. The first-order valence-corrected chi connectivity index (χ1v) is 9.19. The number of likely N-dealkylation sites (tertiary alicyclic amines) is 1. The number of nitrogens with zero attached hydrogens (tertiary/aromatic N) is 2. The highest BCUT2D eigenvalue weighted by atomic mass is 35.5. The zero-order valence-electron chi connectivity index (χ0n) is 15.4. The molecule has 138 valence electrons. The minimum Gasteiger partial charge on any atom is -0.370 e. The molecular formula is C19H29ClN4O. The summed E-state index contributed by atoms with van der Waals surface area (Å²) in [6, 6.07) is 7.98. The summed E-state index contributed by atoms with van der Waals surface area (Å²) < 4.78 is 0. The SMILES string of the molecule is CN=C(NCC(C)(C)c1ccc(Cl)cc1)N1CCCC(CC(N)=O)C1. The highest BCUT2D eigenvalue weighted by Crippen LogP contribution is 2.24. The molecule has 0 aliphatic carbocycles. The first-order valence-electron chi connectivity index (χ1n) is 8.82. The van der Waals surface area contributed by atoms with Crippen LogP contribution in [0.5, 0.6) is 0 Å². The lowest BCUT2D eigenvalue weighted by Gasteiger charge is -2.36. The molecule has 1 saturated heterocycles. The van der Waals surface area contributed by atoms with E-state index in [0.29, 0.717) is 12.3 Å². The average molecular weight is 365 g/mol. The number of carbonyl (C=O) groups excluding carboxylic acids is 1. The van der Waals surface area contributed by atoms with Crippen molar-refractivity contribution in [2.75, 3.05) is 26.7 Å². The number of aliphatic imine (C=N–C) groups is 1. The number of primary amides is 1. The number of nitrogens with two attached hydrogens (primary N) is 1.